The zero-order valence-corrected chi connectivity index (χ0v) is 20.7. The summed E-state index contributed by atoms with van der Waals surface area (Å²) in [7, 11) is 0. The summed E-state index contributed by atoms with van der Waals surface area (Å²) in [5, 5.41) is 25.4. The summed E-state index contributed by atoms with van der Waals surface area (Å²) >= 11 is 0. The molecule has 1 fully saturated rings. The molecule has 0 spiro atoms. The van der Waals surface area contributed by atoms with E-state index in [0.29, 0.717) is 12.0 Å². The van der Waals surface area contributed by atoms with Gasteiger partial charge >= 0.3 is 6.09 Å². The fraction of sp³-hybridized carbons (Fsp3) is 0.640. The first-order valence-electron chi connectivity index (χ1n) is 12.1. The van der Waals surface area contributed by atoms with Crippen molar-refractivity contribution >= 4 is 17.9 Å². The first kappa shape index (κ1) is 27.4. The molecular weight excluding hydrogens is 438 g/mol. The highest BCUT2D eigenvalue weighted by atomic mass is 16.6. The number of ether oxygens (including phenoxy) is 1. The van der Waals surface area contributed by atoms with E-state index in [2.05, 4.69) is 10.6 Å². The molecule has 4 N–H and O–H groups in total. The van der Waals surface area contributed by atoms with Crippen LogP contribution in [-0.2, 0) is 14.3 Å². The molecule has 2 rings (SSSR count). The lowest BCUT2D eigenvalue weighted by Gasteiger charge is -2.35. The van der Waals surface area contributed by atoms with Crippen LogP contribution in [0.15, 0.2) is 24.3 Å². The molecule has 0 aliphatic heterocycles. The Labute approximate surface area is 201 Å². The van der Waals surface area contributed by atoms with E-state index in [1.165, 1.54) is 17.0 Å². The number of amides is 3. The van der Waals surface area contributed by atoms with Crippen molar-refractivity contribution < 1.29 is 29.3 Å². The molecule has 3 amide bonds. The van der Waals surface area contributed by atoms with Crippen molar-refractivity contribution in [2.24, 2.45) is 0 Å². The van der Waals surface area contributed by atoms with Crippen molar-refractivity contribution in [2.75, 3.05) is 13.2 Å². The fourth-order valence-electron chi connectivity index (χ4n) is 4.14. The lowest BCUT2D eigenvalue weighted by molar-refractivity contribution is -0.143. The van der Waals surface area contributed by atoms with E-state index in [9.17, 15) is 24.6 Å². The molecule has 0 heterocycles. The van der Waals surface area contributed by atoms with Gasteiger partial charge in [-0.25, -0.2) is 4.79 Å². The molecule has 34 heavy (non-hydrogen) atoms. The van der Waals surface area contributed by atoms with Gasteiger partial charge in [0.15, 0.2) is 0 Å². The normalized spacial score (nSPS) is 16.3. The molecule has 9 nitrogen and oxygen atoms in total. The molecule has 0 radical (unpaired) electrons. The van der Waals surface area contributed by atoms with Crippen molar-refractivity contribution in [3.05, 3.63) is 29.8 Å². The predicted octanol–water partition coefficient (Wildman–Crippen LogP) is 3.01. The van der Waals surface area contributed by atoms with E-state index in [1.54, 1.807) is 32.9 Å². The van der Waals surface area contributed by atoms with Crippen molar-refractivity contribution in [2.45, 2.75) is 89.9 Å². The number of benzene rings is 1. The van der Waals surface area contributed by atoms with Crippen LogP contribution >= 0.6 is 0 Å². The summed E-state index contributed by atoms with van der Waals surface area (Å²) in [4.78, 5) is 40.6. The second kappa shape index (κ2) is 12.6. The Morgan fingerprint density at radius 3 is 2.41 bits per heavy atom. The van der Waals surface area contributed by atoms with Crippen LogP contribution in [0.5, 0.6) is 5.75 Å². The number of phenolic OH excluding ortho intramolecular Hbond substituents is 1. The van der Waals surface area contributed by atoms with E-state index < -0.39 is 36.3 Å². The second-order valence-corrected chi connectivity index (χ2v) is 9.75. The lowest BCUT2D eigenvalue weighted by Crippen LogP contribution is -2.55. The van der Waals surface area contributed by atoms with Crippen LogP contribution in [0.25, 0.3) is 0 Å². The van der Waals surface area contributed by atoms with Gasteiger partial charge in [-0.05, 0) is 57.7 Å². The summed E-state index contributed by atoms with van der Waals surface area (Å²) < 4.78 is 5.22. The summed E-state index contributed by atoms with van der Waals surface area (Å²) in [5.41, 5.74) is -0.329. The Kier molecular flexibility index (Phi) is 10.2. The summed E-state index contributed by atoms with van der Waals surface area (Å²) in [6.45, 7) is 6.50. The zero-order chi connectivity index (χ0) is 25.3. The van der Waals surface area contributed by atoms with Gasteiger partial charge in [-0.3, -0.25) is 9.59 Å². The lowest BCUT2D eigenvalue weighted by atomic mass is 9.94. The van der Waals surface area contributed by atoms with Gasteiger partial charge < -0.3 is 30.5 Å². The van der Waals surface area contributed by atoms with Crippen LogP contribution in [-0.4, -0.2) is 63.9 Å². The van der Waals surface area contributed by atoms with Gasteiger partial charge in [-0.2, -0.15) is 0 Å². The maximum Gasteiger partial charge on any atom is 0.408 e. The molecule has 1 aromatic rings. The zero-order valence-electron chi connectivity index (χ0n) is 20.7. The molecule has 0 bridgehead atoms. The van der Waals surface area contributed by atoms with Gasteiger partial charge in [0, 0.05) is 12.6 Å². The van der Waals surface area contributed by atoms with Gasteiger partial charge in [-0.15, -0.1) is 0 Å². The van der Waals surface area contributed by atoms with Gasteiger partial charge in [0.25, 0.3) is 0 Å². The highest BCUT2D eigenvalue weighted by Crippen LogP contribution is 2.27. The van der Waals surface area contributed by atoms with Crippen LogP contribution in [0.2, 0.25) is 0 Å². The summed E-state index contributed by atoms with van der Waals surface area (Å²) in [6.07, 6.45) is 4.66. The van der Waals surface area contributed by atoms with Gasteiger partial charge in [0.1, 0.15) is 23.4 Å². The topological polar surface area (TPSA) is 128 Å². The number of carbonyl (C=O) groups excluding carboxylic acids is 3. The molecular formula is C25H39N3O6. The molecule has 0 saturated heterocycles. The fourth-order valence-corrected chi connectivity index (χ4v) is 4.14. The van der Waals surface area contributed by atoms with Crippen molar-refractivity contribution in [1.82, 2.24) is 15.5 Å². The molecule has 2 atom stereocenters. The molecule has 1 aromatic carbocycles. The number of hydrogen-bond acceptors (Lipinski definition) is 6. The van der Waals surface area contributed by atoms with Crippen LogP contribution in [0.4, 0.5) is 4.79 Å². The third-order valence-corrected chi connectivity index (χ3v) is 5.62. The Morgan fingerprint density at radius 2 is 1.85 bits per heavy atom. The standard InChI is InChI=1S/C25H39N3O6/c1-5-14-28(23(32)20(16-29)27-24(33)34-25(2,3)4)21(17-10-9-13-19(30)15-17)22(31)26-18-11-7-6-8-12-18/h9-10,13,15,18,20-21,29-30H,5-8,11-12,14,16H2,1-4H3,(H,26,31)(H,27,33). The van der Waals surface area contributed by atoms with Gasteiger partial charge in [0.2, 0.25) is 11.8 Å². The molecule has 9 heteroatoms. The van der Waals surface area contributed by atoms with E-state index in [-0.39, 0.29) is 24.2 Å². The Morgan fingerprint density at radius 1 is 1.18 bits per heavy atom. The predicted molar refractivity (Wildman–Crippen MR) is 128 cm³/mol. The molecule has 2 unspecified atom stereocenters. The monoisotopic (exact) mass is 477 g/mol. The Bertz CT molecular complexity index is 832. The molecule has 1 aliphatic carbocycles. The Balaban J connectivity index is 2.34. The molecule has 1 saturated carbocycles. The summed E-state index contributed by atoms with van der Waals surface area (Å²) in [5.74, 6) is -0.988. The van der Waals surface area contributed by atoms with Gasteiger partial charge in [0.05, 0.1) is 6.61 Å². The number of nitrogens with zero attached hydrogens (tertiary/aromatic N) is 1. The van der Waals surface area contributed by atoms with Crippen LogP contribution in [0.1, 0.15) is 77.8 Å². The maximum atomic E-state index is 13.5. The number of aliphatic hydroxyl groups is 1. The number of aromatic hydroxyl groups is 1. The third-order valence-electron chi connectivity index (χ3n) is 5.62. The average Bonchev–Trinajstić information content (AvgIpc) is 2.76. The van der Waals surface area contributed by atoms with E-state index in [4.69, 9.17) is 4.74 Å². The minimum absolute atomic E-state index is 0.0214. The maximum absolute atomic E-state index is 13.5. The van der Waals surface area contributed by atoms with Crippen LogP contribution < -0.4 is 10.6 Å². The van der Waals surface area contributed by atoms with Crippen LogP contribution in [0, 0.1) is 0 Å². The second-order valence-electron chi connectivity index (χ2n) is 9.75. The first-order valence-corrected chi connectivity index (χ1v) is 12.1. The van der Waals surface area contributed by atoms with Crippen molar-refractivity contribution in [3.8, 4) is 5.75 Å². The van der Waals surface area contributed by atoms with E-state index in [1.807, 2.05) is 6.92 Å². The largest absolute Gasteiger partial charge is 0.508 e. The van der Waals surface area contributed by atoms with Crippen molar-refractivity contribution in [3.63, 3.8) is 0 Å². The van der Waals surface area contributed by atoms with E-state index in [0.717, 1.165) is 32.1 Å². The van der Waals surface area contributed by atoms with E-state index >= 15 is 0 Å². The summed E-state index contributed by atoms with van der Waals surface area (Å²) in [6, 6.07) is 3.94. The number of rotatable bonds is 9. The minimum atomic E-state index is -1.29. The SMILES string of the molecule is CCCN(C(=O)C(CO)NC(=O)OC(C)(C)C)C(C(=O)NC1CCCCC1)c1cccc(O)c1. The molecule has 0 aromatic heterocycles. The van der Waals surface area contributed by atoms with Crippen LogP contribution in [0.3, 0.4) is 0 Å². The molecule has 1 aliphatic rings. The minimum Gasteiger partial charge on any atom is -0.508 e. The third kappa shape index (κ3) is 8.20. The number of nitrogens with one attached hydrogen (secondary N) is 2. The average molecular weight is 478 g/mol. The number of aliphatic hydroxyl groups excluding tert-OH is 1. The highest BCUT2D eigenvalue weighted by molar-refractivity contribution is 5.92. The Hall–Kier alpha value is -2.81. The highest BCUT2D eigenvalue weighted by Gasteiger charge is 2.36. The quantitative estimate of drug-likeness (QED) is 0.433. The van der Waals surface area contributed by atoms with Gasteiger partial charge in [-0.1, -0.05) is 38.3 Å². The number of alkyl carbamates (subject to hydrolysis) is 1. The smallest absolute Gasteiger partial charge is 0.408 e. The number of carbonyl (C=O) groups is 3. The van der Waals surface area contributed by atoms with Crippen molar-refractivity contribution in [1.29, 1.82) is 0 Å². The number of phenols is 1. The number of hydrogen-bond donors (Lipinski definition) is 4. The molecule has 190 valence electrons. The first-order chi connectivity index (χ1) is 16.1.